The van der Waals surface area contributed by atoms with Gasteiger partial charge in [0.1, 0.15) is 5.82 Å². The van der Waals surface area contributed by atoms with Gasteiger partial charge in [0.25, 0.3) is 0 Å². The van der Waals surface area contributed by atoms with Gasteiger partial charge < -0.3 is 19.9 Å². The van der Waals surface area contributed by atoms with Gasteiger partial charge in [-0.05, 0) is 18.9 Å². The number of aryl methyl sites for hydroxylation is 1. The van der Waals surface area contributed by atoms with E-state index in [0.29, 0.717) is 19.0 Å². The average molecular weight is 418 g/mol. The van der Waals surface area contributed by atoms with Gasteiger partial charge in [-0.25, -0.2) is 15.0 Å². The first-order chi connectivity index (χ1) is 14.2. The van der Waals surface area contributed by atoms with Crippen molar-refractivity contribution in [2.24, 2.45) is 4.99 Å². The zero-order valence-electron chi connectivity index (χ0n) is 17.6. The normalized spacial score (nSPS) is 14.9. The second-order valence-electron chi connectivity index (χ2n) is 6.84. The van der Waals surface area contributed by atoms with E-state index in [2.05, 4.69) is 50.2 Å². The van der Waals surface area contributed by atoms with Crippen molar-refractivity contribution in [1.29, 1.82) is 0 Å². The summed E-state index contributed by atoms with van der Waals surface area (Å²) in [5.74, 6) is 2.55. The second-order valence-corrected chi connectivity index (χ2v) is 7.57. The van der Waals surface area contributed by atoms with E-state index in [1.807, 2.05) is 18.3 Å². The summed E-state index contributed by atoms with van der Waals surface area (Å²) >= 11 is 1.50. The van der Waals surface area contributed by atoms with Gasteiger partial charge in [-0.3, -0.25) is 0 Å². The summed E-state index contributed by atoms with van der Waals surface area (Å²) in [6.07, 6.45) is 3.71. The number of anilines is 1. The lowest BCUT2D eigenvalue weighted by Gasteiger charge is -2.36. The summed E-state index contributed by atoms with van der Waals surface area (Å²) in [6.45, 7) is 12.1. The minimum Gasteiger partial charge on any atom is -0.478 e. The molecule has 1 fully saturated rings. The molecule has 3 rings (SSSR count). The Morgan fingerprint density at radius 1 is 1.21 bits per heavy atom. The minimum absolute atomic E-state index is 0.597. The quantitative estimate of drug-likeness (QED) is 0.522. The summed E-state index contributed by atoms with van der Waals surface area (Å²) in [6, 6.07) is 3.95. The van der Waals surface area contributed by atoms with Crippen LogP contribution in [0.15, 0.2) is 23.3 Å². The van der Waals surface area contributed by atoms with Crippen LogP contribution in [-0.4, -0.2) is 64.5 Å². The molecule has 2 aromatic rings. The van der Waals surface area contributed by atoms with Gasteiger partial charge in [0, 0.05) is 62.9 Å². The van der Waals surface area contributed by atoms with E-state index in [1.165, 1.54) is 11.5 Å². The highest BCUT2D eigenvalue weighted by Crippen LogP contribution is 2.19. The number of aromatic nitrogens is 3. The Bertz CT molecular complexity index is 769. The molecule has 0 atom stereocenters. The molecule has 3 heterocycles. The maximum Gasteiger partial charge on any atom is 0.213 e. The molecule has 0 bridgehead atoms. The maximum absolute atomic E-state index is 5.54. The molecule has 0 unspecified atom stereocenters. The Hall–Kier alpha value is -2.42. The van der Waals surface area contributed by atoms with E-state index in [9.17, 15) is 0 Å². The number of piperazine rings is 1. The molecule has 2 aromatic heterocycles. The van der Waals surface area contributed by atoms with Crippen LogP contribution < -0.4 is 15.0 Å². The molecule has 0 spiro atoms. The predicted molar refractivity (Wildman–Crippen MR) is 118 cm³/mol. The van der Waals surface area contributed by atoms with E-state index in [-0.39, 0.29) is 0 Å². The first-order valence-corrected chi connectivity index (χ1v) is 11.2. The summed E-state index contributed by atoms with van der Waals surface area (Å²) in [5.41, 5.74) is 1.07. The smallest absolute Gasteiger partial charge is 0.213 e. The maximum atomic E-state index is 5.54. The molecule has 29 heavy (non-hydrogen) atoms. The summed E-state index contributed by atoms with van der Waals surface area (Å²) in [5, 5.41) is 4.44. The Morgan fingerprint density at radius 2 is 2.03 bits per heavy atom. The first-order valence-electron chi connectivity index (χ1n) is 10.4. The van der Waals surface area contributed by atoms with Gasteiger partial charge in [-0.1, -0.05) is 19.9 Å². The van der Waals surface area contributed by atoms with Crippen LogP contribution in [0.4, 0.5) is 5.13 Å². The number of ether oxygens (including phenoxy) is 1. The van der Waals surface area contributed by atoms with Crippen molar-refractivity contribution in [3.63, 3.8) is 0 Å². The molecular formula is C20H31N7OS. The zero-order valence-corrected chi connectivity index (χ0v) is 18.4. The van der Waals surface area contributed by atoms with Crippen molar-refractivity contribution in [3.8, 4) is 5.88 Å². The standard InChI is InChI=1S/C20H31N7OS/c1-4-13-28-18-8-7-16(14-22-18)15-23-19(21-6-3)26-9-11-27(12-10-26)20-24-17(5-2)25-29-20/h7-8,14H,4-6,9-13,15H2,1-3H3,(H,21,23). The van der Waals surface area contributed by atoms with Gasteiger partial charge in [0.15, 0.2) is 5.96 Å². The van der Waals surface area contributed by atoms with Crippen molar-refractivity contribution < 1.29 is 4.74 Å². The van der Waals surface area contributed by atoms with E-state index >= 15 is 0 Å². The van der Waals surface area contributed by atoms with E-state index in [1.54, 1.807) is 0 Å². The van der Waals surface area contributed by atoms with Gasteiger partial charge in [-0.15, -0.1) is 0 Å². The predicted octanol–water partition coefficient (Wildman–Crippen LogP) is 2.57. The molecule has 1 saturated heterocycles. The SMILES string of the molecule is CCCOc1ccc(CN=C(NCC)N2CCN(c3nc(CC)ns3)CC2)cn1. The molecule has 0 aromatic carbocycles. The van der Waals surface area contributed by atoms with Crippen LogP contribution in [0.2, 0.25) is 0 Å². The third-order valence-corrected chi connectivity index (χ3v) is 5.44. The molecule has 1 aliphatic rings. The molecule has 1 N–H and O–H groups in total. The van der Waals surface area contributed by atoms with Crippen LogP contribution >= 0.6 is 11.5 Å². The summed E-state index contributed by atoms with van der Waals surface area (Å²) < 4.78 is 9.95. The second kappa shape index (κ2) is 10.9. The lowest BCUT2D eigenvalue weighted by Crippen LogP contribution is -2.52. The first kappa shape index (κ1) is 21.3. The Balaban J connectivity index is 1.56. The monoisotopic (exact) mass is 417 g/mol. The number of nitrogens with zero attached hydrogens (tertiary/aromatic N) is 6. The van der Waals surface area contributed by atoms with E-state index < -0.39 is 0 Å². The molecule has 8 nitrogen and oxygen atoms in total. The number of pyridine rings is 1. The third kappa shape index (κ3) is 6.03. The average Bonchev–Trinajstić information content (AvgIpc) is 3.25. The molecule has 0 aliphatic carbocycles. The summed E-state index contributed by atoms with van der Waals surface area (Å²) in [4.78, 5) is 18.4. The fourth-order valence-electron chi connectivity index (χ4n) is 3.01. The number of guanidine groups is 1. The highest BCUT2D eigenvalue weighted by molar-refractivity contribution is 7.09. The van der Waals surface area contributed by atoms with Gasteiger partial charge >= 0.3 is 0 Å². The third-order valence-electron chi connectivity index (χ3n) is 4.62. The van der Waals surface area contributed by atoms with Gasteiger partial charge in [-0.2, -0.15) is 4.37 Å². The van der Waals surface area contributed by atoms with Crippen molar-refractivity contribution in [2.75, 3.05) is 44.2 Å². The van der Waals surface area contributed by atoms with E-state index in [0.717, 1.165) is 68.0 Å². The van der Waals surface area contributed by atoms with Crippen molar-refractivity contribution in [2.45, 2.75) is 40.2 Å². The number of rotatable bonds is 8. The van der Waals surface area contributed by atoms with Crippen LogP contribution in [-0.2, 0) is 13.0 Å². The van der Waals surface area contributed by atoms with E-state index in [4.69, 9.17) is 9.73 Å². The van der Waals surface area contributed by atoms with Crippen molar-refractivity contribution in [3.05, 3.63) is 29.7 Å². The fraction of sp³-hybridized carbons (Fsp3) is 0.600. The molecule has 0 amide bonds. The zero-order chi connectivity index (χ0) is 20.5. The molecule has 158 valence electrons. The van der Waals surface area contributed by atoms with Crippen LogP contribution in [0.3, 0.4) is 0 Å². The van der Waals surface area contributed by atoms with Gasteiger partial charge in [0.05, 0.1) is 13.2 Å². The number of hydrogen-bond acceptors (Lipinski definition) is 7. The molecule has 0 radical (unpaired) electrons. The molecule has 0 saturated carbocycles. The number of hydrogen-bond donors (Lipinski definition) is 1. The van der Waals surface area contributed by atoms with Gasteiger partial charge in [0.2, 0.25) is 11.0 Å². The highest BCUT2D eigenvalue weighted by Gasteiger charge is 2.22. The topological polar surface area (TPSA) is 78.8 Å². The number of nitrogens with one attached hydrogen (secondary N) is 1. The van der Waals surface area contributed by atoms with Crippen LogP contribution in [0.1, 0.15) is 38.6 Å². The van der Waals surface area contributed by atoms with Crippen LogP contribution in [0.25, 0.3) is 0 Å². The Morgan fingerprint density at radius 3 is 2.66 bits per heavy atom. The molecule has 1 aliphatic heterocycles. The largest absolute Gasteiger partial charge is 0.478 e. The number of aliphatic imine (C=N–C) groups is 1. The lowest BCUT2D eigenvalue weighted by molar-refractivity contribution is 0.305. The lowest BCUT2D eigenvalue weighted by atomic mass is 10.3. The molecular weight excluding hydrogens is 386 g/mol. The Kier molecular flexibility index (Phi) is 8.03. The van der Waals surface area contributed by atoms with Crippen molar-refractivity contribution >= 4 is 22.6 Å². The van der Waals surface area contributed by atoms with Crippen LogP contribution in [0, 0.1) is 0 Å². The summed E-state index contributed by atoms with van der Waals surface area (Å²) in [7, 11) is 0. The Labute approximate surface area is 177 Å². The fourth-order valence-corrected chi connectivity index (χ4v) is 3.82. The minimum atomic E-state index is 0.597. The highest BCUT2D eigenvalue weighted by atomic mass is 32.1. The van der Waals surface area contributed by atoms with Crippen molar-refractivity contribution in [1.82, 2.24) is 24.6 Å². The molecule has 9 heteroatoms. The van der Waals surface area contributed by atoms with Crippen LogP contribution in [0.5, 0.6) is 5.88 Å².